The van der Waals surface area contributed by atoms with Crippen LogP contribution in [0.3, 0.4) is 0 Å². The van der Waals surface area contributed by atoms with Gasteiger partial charge in [-0.15, -0.1) is 6.58 Å². The van der Waals surface area contributed by atoms with E-state index in [0.29, 0.717) is 33.0 Å². The number of hydrogen-bond donors (Lipinski definition) is 0. The Kier molecular flexibility index (Phi) is 18.3. The zero-order chi connectivity index (χ0) is 16.3. The topological polar surface area (TPSA) is 27.7 Å². The summed E-state index contributed by atoms with van der Waals surface area (Å²) in [5, 5.41) is 0. The molecular weight excluding hydrogens is 276 g/mol. The Balaban J connectivity index is 3.50. The van der Waals surface area contributed by atoms with E-state index in [4.69, 9.17) is 14.2 Å². The maximum absolute atomic E-state index is 5.80. The number of ether oxygens (including phenoxy) is 3. The summed E-state index contributed by atoms with van der Waals surface area (Å²) in [6, 6.07) is 0. The van der Waals surface area contributed by atoms with Crippen molar-refractivity contribution < 1.29 is 14.2 Å². The third-order valence-corrected chi connectivity index (χ3v) is 3.77. The van der Waals surface area contributed by atoms with Gasteiger partial charge in [0.2, 0.25) is 0 Å². The Labute approximate surface area is 138 Å². The summed E-state index contributed by atoms with van der Waals surface area (Å²) in [6.45, 7) is 12.2. The lowest BCUT2D eigenvalue weighted by atomic mass is 9.96. The van der Waals surface area contributed by atoms with E-state index in [1.54, 1.807) is 6.08 Å². The minimum absolute atomic E-state index is 0.594. The van der Waals surface area contributed by atoms with Crippen LogP contribution in [-0.4, -0.2) is 39.6 Å². The SMILES string of the molecule is C=CCOCCOCCOCC(CCCC)CCCCCC. The van der Waals surface area contributed by atoms with Gasteiger partial charge < -0.3 is 14.2 Å². The molecule has 0 bridgehead atoms. The van der Waals surface area contributed by atoms with Crippen molar-refractivity contribution in [1.29, 1.82) is 0 Å². The molecule has 0 spiro atoms. The maximum atomic E-state index is 5.80. The van der Waals surface area contributed by atoms with Gasteiger partial charge in [-0.25, -0.2) is 0 Å². The fraction of sp³-hybridized carbons (Fsp3) is 0.895. The number of hydrogen-bond acceptors (Lipinski definition) is 3. The summed E-state index contributed by atoms with van der Waals surface area (Å²) in [7, 11) is 0. The van der Waals surface area contributed by atoms with Gasteiger partial charge >= 0.3 is 0 Å². The predicted octanol–water partition coefficient (Wildman–Crippen LogP) is 5.00. The summed E-state index contributed by atoms with van der Waals surface area (Å²) < 4.78 is 16.5. The molecule has 0 saturated heterocycles. The lowest BCUT2D eigenvalue weighted by Gasteiger charge is -2.17. The van der Waals surface area contributed by atoms with Crippen molar-refractivity contribution in [3.63, 3.8) is 0 Å². The molecule has 0 fully saturated rings. The quantitative estimate of drug-likeness (QED) is 0.263. The molecule has 0 amide bonds. The van der Waals surface area contributed by atoms with Crippen LogP contribution in [0.1, 0.15) is 65.2 Å². The van der Waals surface area contributed by atoms with Gasteiger partial charge in [0, 0.05) is 6.61 Å². The molecule has 132 valence electrons. The second kappa shape index (κ2) is 18.7. The molecule has 0 rings (SSSR count). The molecule has 1 unspecified atom stereocenters. The van der Waals surface area contributed by atoms with Crippen LogP contribution in [0.15, 0.2) is 12.7 Å². The minimum atomic E-state index is 0.594. The molecule has 0 saturated carbocycles. The van der Waals surface area contributed by atoms with Crippen LogP contribution < -0.4 is 0 Å². The van der Waals surface area contributed by atoms with Crippen LogP contribution >= 0.6 is 0 Å². The van der Waals surface area contributed by atoms with Crippen LogP contribution in [0.25, 0.3) is 0 Å². The van der Waals surface area contributed by atoms with Crippen molar-refractivity contribution >= 4 is 0 Å². The fourth-order valence-corrected chi connectivity index (χ4v) is 2.42. The van der Waals surface area contributed by atoms with E-state index in [9.17, 15) is 0 Å². The first-order valence-electron chi connectivity index (χ1n) is 9.19. The molecule has 0 aliphatic rings. The molecule has 3 heteroatoms. The van der Waals surface area contributed by atoms with E-state index in [0.717, 1.165) is 12.5 Å². The van der Waals surface area contributed by atoms with Crippen LogP contribution in [0.2, 0.25) is 0 Å². The van der Waals surface area contributed by atoms with Gasteiger partial charge in [0.05, 0.1) is 33.0 Å². The monoisotopic (exact) mass is 314 g/mol. The molecule has 0 aliphatic heterocycles. The molecule has 0 aliphatic carbocycles. The maximum Gasteiger partial charge on any atom is 0.0704 e. The highest BCUT2D eigenvalue weighted by Gasteiger charge is 2.08. The first-order chi connectivity index (χ1) is 10.8. The Hall–Kier alpha value is -0.380. The molecule has 3 nitrogen and oxygen atoms in total. The first kappa shape index (κ1) is 21.6. The van der Waals surface area contributed by atoms with E-state index < -0.39 is 0 Å². The highest BCUT2D eigenvalue weighted by molar-refractivity contribution is 4.63. The summed E-state index contributed by atoms with van der Waals surface area (Å²) in [5.74, 6) is 0.729. The highest BCUT2D eigenvalue weighted by Crippen LogP contribution is 2.17. The Bertz CT molecular complexity index is 219. The standard InChI is InChI=1S/C19H38O3/c1-4-7-9-10-12-19(11-8-5-2)18-22-17-16-21-15-14-20-13-6-3/h6,19H,3-5,7-18H2,1-2H3. The van der Waals surface area contributed by atoms with Gasteiger partial charge in [-0.3, -0.25) is 0 Å². The third-order valence-electron chi connectivity index (χ3n) is 3.77. The molecule has 0 N–H and O–H groups in total. The van der Waals surface area contributed by atoms with Crippen LogP contribution in [0, 0.1) is 5.92 Å². The van der Waals surface area contributed by atoms with Gasteiger partial charge in [-0.05, 0) is 18.8 Å². The van der Waals surface area contributed by atoms with Crippen LogP contribution in [0.5, 0.6) is 0 Å². The van der Waals surface area contributed by atoms with Gasteiger partial charge in [-0.2, -0.15) is 0 Å². The zero-order valence-corrected chi connectivity index (χ0v) is 15.0. The normalized spacial score (nSPS) is 12.5. The van der Waals surface area contributed by atoms with Crippen molar-refractivity contribution in [2.45, 2.75) is 65.2 Å². The zero-order valence-electron chi connectivity index (χ0n) is 15.0. The van der Waals surface area contributed by atoms with Gasteiger partial charge in [0.25, 0.3) is 0 Å². The van der Waals surface area contributed by atoms with Crippen molar-refractivity contribution in [3.05, 3.63) is 12.7 Å². The van der Waals surface area contributed by atoms with Gasteiger partial charge in [0.1, 0.15) is 0 Å². The average molecular weight is 315 g/mol. The van der Waals surface area contributed by atoms with Crippen molar-refractivity contribution in [1.82, 2.24) is 0 Å². The van der Waals surface area contributed by atoms with E-state index in [-0.39, 0.29) is 0 Å². The van der Waals surface area contributed by atoms with E-state index in [1.807, 2.05) is 0 Å². The molecule has 0 radical (unpaired) electrons. The second-order valence-electron chi connectivity index (χ2n) is 5.91. The number of unbranched alkanes of at least 4 members (excludes halogenated alkanes) is 4. The van der Waals surface area contributed by atoms with Crippen LogP contribution in [-0.2, 0) is 14.2 Å². The predicted molar refractivity (Wildman–Crippen MR) is 94.4 cm³/mol. The van der Waals surface area contributed by atoms with Gasteiger partial charge in [0.15, 0.2) is 0 Å². The van der Waals surface area contributed by atoms with Crippen molar-refractivity contribution in [3.8, 4) is 0 Å². The van der Waals surface area contributed by atoms with E-state index in [1.165, 1.54) is 51.4 Å². The average Bonchev–Trinajstić information content (AvgIpc) is 2.54. The molecule has 0 aromatic rings. The van der Waals surface area contributed by atoms with E-state index in [2.05, 4.69) is 20.4 Å². The lowest BCUT2D eigenvalue weighted by molar-refractivity contribution is 0.00947. The third kappa shape index (κ3) is 16.0. The lowest BCUT2D eigenvalue weighted by Crippen LogP contribution is -2.14. The summed E-state index contributed by atoms with van der Waals surface area (Å²) in [5.41, 5.74) is 0. The van der Waals surface area contributed by atoms with Crippen molar-refractivity contribution in [2.75, 3.05) is 39.6 Å². The Morgan fingerprint density at radius 2 is 1.41 bits per heavy atom. The summed E-state index contributed by atoms with van der Waals surface area (Å²) in [6.07, 6.45) is 12.4. The fourth-order valence-electron chi connectivity index (χ4n) is 2.42. The molecule has 0 aromatic carbocycles. The largest absolute Gasteiger partial charge is 0.379 e. The highest BCUT2D eigenvalue weighted by atomic mass is 16.5. The second-order valence-corrected chi connectivity index (χ2v) is 5.91. The summed E-state index contributed by atoms with van der Waals surface area (Å²) in [4.78, 5) is 0. The molecule has 22 heavy (non-hydrogen) atoms. The molecular formula is C19H38O3. The Morgan fingerprint density at radius 1 is 0.773 bits per heavy atom. The van der Waals surface area contributed by atoms with Crippen molar-refractivity contribution in [2.24, 2.45) is 5.92 Å². The van der Waals surface area contributed by atoms with E-state index >= 15 is 0 Å². The first-order valence-corrected chi connectivity index (χ1v) is 9.19. The molecule has 0 aromatic heterocycles. The smallest absolute Gasteiger partial charge is 0.0704 e. The minimum Gasteiger partial charge on any atom is -0.379 e. The molecule has 0 heterocycles. The van der Waals surface area contributed by atoms with Crippen LogP contribution in [0.4, 0.5) is 0 Å². The number of rotatable bonds is 18. The molecule has 1 atom stereocenters. The Morgan fingerprint density at radius 3 is 2.09 bits per heavy atom. The summed E-state index contributed by atoms with van der Waals surface area (Å²) >= 11 is 0. The van der Waals surface area contributed by atoms with Gasteiger partial charge in [-0.1, -0.05) is 58.4 Å².